The van der Waals surface area contributed by atoms with Crippen molar-refractivity contribution in [1.29, 1.82) is 0 Å². The molecule has 5 nitrogen and oxygen atoms in total. The summed E-state index contributed by atoms with van der Waals surface area (Å²) in [5.41, 5.74) is 5.11. The molecule has 0 aliphatic carbocycles. The van der Waals surface area contributed by atoms with Gasteiger partial charge in [0, 0.05) is 0 Å². The van der Waals surface area contributed by atoms with Crippen molar-refractivity contribution in [3.05, 3.63) is 26.6 Å². The summed E-state index contributed by atoms with van der Waals surface area (Å²) >= 11 is 6.12. The van der Waals surface area contributed by atoms with Crippen LogP contribution in [-0.2, 0) is 4.79 Å². The van der Waals surface area contributed by atoms with Crippen molar-refractivity contribution in [2.45, 2.75) is 12.2 Å². The van der Waals surface area contributed by atoms with Gasteiger partial charge < -0.3 is 21.1 Å². The first kappa shape index (κ1) is 13.4. The van der Waals surface area contributed by atoms with Crippen LogP contribution in [0.2, 0.25) is 0 Å². The topological polar surface area (TPSA) is 104 Å². The number of primary amides is 1. The molecule has 5 N–H and O–H groups in total. The number of amides is 1. The first-order valence-electron chi connectivity index (χ1n) is 4.18. The van der Waals surface area contributed by atoms with E-state index in [-0.39, 0.29) is 11.3 Å². The maximum Gasteiger partial charge on any atom is 0.249 e. The standard InChI is InChI=1S/C9H9Br2NO4/c10-4-1-3(2-5(11)7(4)14)6(13)8(15)9(12)16/h1-2,6,8,13-15H,(H2,12,16). The average Bonchev–Trinajstić information content (AvgIpc) is 2.22. The van der Waals surface area contributed by atoms with Crippen LogP contribution in [0.1, 0.15) is 11.7 Å². The maximum absolute atomic E-state index is 10.7. The molecular weight excluding hydrogens is 346 g/mol. The van der Waals surface area contributed by atoms with Gasteiger partial charge in [-0.3, -0.25) is 4.79 Å². The van der Waals surface area contributed by atoms with Crippen molar-refractivity contribution >= 4 is 37.8 Å². The molecule has 7 heteroatoms. The summed E-state index contributed by atoms with van der Waals surface area (Å²) in [5.74, 6) is -1.06. The van der Waals surface area contributed by atoms with Gasteiger partial charge in [-0.15, -0.1) is 0 Å². The van der Waals surface area contributed by atoms with E-state index in [0.717, 1.165) is 0 Å². The third-order valence-corrected chi connectivity index (χ3v) is 3.18. The molecule has 0 saturated heterocycles. The number of carbonyl (C=O) groups is 1. The number of rotatable bonds is 3. The number of aliphatic hydroxyl groups excluding tert-OH is 2. The number of benzene rings is 1. The minimum atomic E-state index is -1.69. The molecule has 2 unspecified atom stereocenters. The van der Waals surface area contributed by atoms with Crippen LogP contribution in [0.15, 0.2) is 21.1 Å². The van der Waals surface area contributed by atoms with Crippen molar-refractivity contribution in [2.24, 2.45) is 5.73 Å². The predicted molar refractivity (Wildman–Crippen MR) is 63.7 cm³/mol. The van der Waals surface area contributed by atoms with E-state index in [0.29, 0.717) is 8.95 Å². The summed E-state index contributed by atoms with van der Waals surface area (Å²) in [7, 11) is 0. The summed E-state index contributed by atoms with van der Waals surface area (Å²) in [6, 6.07) is 2.77. The molecule has 1 rings (SSSR count). The number of halogens is 2. The molecule has 1 aromatic carbocycles. The van der Waals surface area contributed by atoms with Crippen LogP contribution in [-0.4, -0.2) is 27.3 Å². The van der Waals surface area contributed by atoms with Crippen LogP contribution < -0.4 is 5.73 Å². The number of carbonyl (C=O) groups excluding carboxylic acids is 1. The molecule has 0 bridgehead atoms. The highest BCUT2D eigenvalue weighted by molar-refractivity contribution is 9.11. The van der Waals surface area contributed by atoms with Crippen molar-refractivity contribution < 1.29 is 20.1 Å². The molecule has 0 saturated carbocycles. The van der Waals surface area contributed by atoms with Crippen LogP contribution in [0.4, 0.5) is 0 Å². The Hall–Kier alpha value is -0.630. The number of phenols is 1. The lowest BCUT2D eigenvalue weighted by atomic mass is 10.0. The normalized spacial score (nSPS) is 14.5. The van der Waals surface area contributed by atoms with Crippen LogP contribution in [0.5, 0.6) is 5.75 Å². The van der Waals surface area contributed by atoms with E-state index in [2.05, 4.69) is 31.9 Å². The van der Waals surface area contributed by atoms with Crippen molar-refractivity contribution in [3.63, 3.8) is 0 Å². The molecule has 0 fully saturated rings. The van der Waals surface area contributed by atoms with Gasteiger partial charge in [-0.25, -0.2) is 0 Å². The van der Waals surface area contributed by atoms with Gasteiger partial charge in [-0.2, -0.15) is 0 Å². The lowest BCUT2D eigenvalue weighted by Gasteiger charge is -2.16. The molecular formula is C9H9Br2NO4. The van der Waals surface area contributed by atoms with Gasteiger partial charge in [0.25, 0.3) is 0 Å². The Bertz CT molecular complexity index is 401. The summed E-state index contributed by atoms with van der Waals surface area (Å²) in [6.07, 6.45) is -3.13. The van der Waals surface area contributed by atoms with Gasteiger partial charge >= 0.3 is 0 Å². The van der Waals surface area contributed by atoms with Gasteiger partial charge in [-0.1, -0.05) is 0 Å². The van der Waals surface area contributed by atoms with Gasteiger partial charge in [0.2, 0.25) is 5.91 Å². The minimum absolute atomic E-state index is 0.0375. The lowest BCUT2D eigenvalue weighted by molar-refractivity contribution is -0.131. The van der Waals surface area contributed by atoms with E-state index in [4.69, 9.17) is 5.73 Å². The Morgan fingerprint density at radius 1 is 1.25 bits per heavy atom. The van der Waals surface area contributed by atoms with E-state index in [9.17, 15) is 20.1 Å². The van der Waals surface area contributed by atoms with Crippen LogP contribution in [0.3, 0.4) is 0 Å². The molecule has 0 aliphatic rings. The lowest BCUT2D eigenvalue weighted by Crippen LogP contribution is -2.33. The van der Waals surface area contributed by atoms with E-state index >= 15 is 0 Å². The second-order valence-electron chi connectivity index (χ2n) is 3.13. The van der Waals surface area contributed by atoms with Crippen LogP contribution in [0.25, 0.3) is 0 Å². The molecule has 0 spiro atoms. The van der Waals surface area contributed by atoms with E-state index < -0.39 is 18.1 Å². The van der Waals surface area contributed by atoms with Gasteiger partial charge in [-0.05, 0) is 49.6 Å². The zero-order chi connectivity index (χ0) is 12.5. The number of phenolic OH excluding ortho intramolecular Hbond substituents is 1. The Kier molecular flexibility index (Phi) is 4.31. The molecule has 0 aliphatic heterocycles. The molecule has 1 aromatic rings. The summed E-state index contributed by atoms with van der Waals surface area (Å²) < 4.78 is 0.653. The maximum atomic E-state index is 10.7. The first-order valence-corrected chi connectivity index (χ1v) is 5.76. The van der Waals surface area contributed by atoms with Crippen molar-refractivity contribution in [3.8, 4) is 5.75 Å². The van der Waals surface area contributed by atoms with Gasteiger partial charge in [0.15, 0.2) is 6.10 Å². The second kappa shape index (κ2) is 5.13. The fraction of sp³-hybridized carbons (Fsp3) is 0.222. The van der Waals surface area contributed by atoms with Gasteiger partial charge in [0.1, 0.15) is 11.9 Å². The summed E-state index contributed by atoms with van der Waals surface area (Å²) in [6.45, 7) is 0. The summed E-state index contributed by atoms with van der Waals surface area (Å²) in [5, 5.41) is 28.3. The zero-order valence-corrected chi connectivity index (χ0v) is 11.1. The predicted octanol–water partition coefficient (Wildman–Crippen LogP) is 0.797. The Morgan fingerprint density at radius 3 is 2.06 bits per heavy atom. The number of nitrogens with two attached hydrogens (primary N) is 1. The van der Waals surface area contributed by atoms with E-state index in [1.165, 1.54) is 12.1 Å². The molecule has 0 heterocycles. The molecule has 1 amide bonds. The SMILES string of the molecule is NC(=O)C(O)C(O)c1cc(Br)c(O)c(Br)c1. The fourth-order valence-electron chi connectivity index (χ4n) is 1.09. The molecule has 0 aromatic heterocycles. The number of hydrogen-bond acceptors (Lipinski definition) is 4. The highest BCUT2D eigenvalue weighted by atomic mass is 79.9. The average molecular weight is 355 g/mol. The third-order valence-electron chi connectivity index (χ3n) is 1.97. The van der Waals surface area contributed by atoms with Crippen LogP contribution in [0, 0.1) is 0 Å². The molecule has 88 valence electrons. The van der Waals surface area contributed by atoms with E-state index in [1.54, 1.807) is 0 Å². The Balaban J connectivity index is 3.10. The number of hydrogen-bond donors (Lipinski definition) is 4. The molecule has 16 heavy (non-hydrogen) atoms. The Labute approximate surface area is 108 Å². The second-order valence-corrected chi connectivity index (χ2v) is 4.83. The monoisotopic (exact) mass is 353 g/mol. The number of aliphatic hydroxyl groups is 2. The molecule has 0 radical (unpaired) electrons. The Morgan fingerprint density at radius 2 is 1.69 bits per heavy atom. The van der Waals surface area contributed by atoms with Crippen molar-refractivity contribution in [2.75, 3.05) is 0 Å². The fourth-order valence-corrected chi connectivity index (χ4v) is 2.32. The van der Waals surface area contributed by atoms with E-state index in [1.807, 2.05) is 0 Å². The van der Waals surface area contributed by atoms with Crippen LogP contribution >= 0.6 is 31.9 Å². The smallest absolute Gasteiger partial charge is 0.249 e. The number of aromatic hydroxyl groups is 1. The first-order chi connectivity index (χ1) is 7.34. The zero-order valence-electron chi connectivity index (χ0n) is 7.89. The summed E-state index contributed by atoms with van der Waals surface area (Å²) in [4.78, 5) is 10.7. The van der Waals surface area contributed by atoms with Crippen molar-refractivity contribution in [1.82, 2.24) is 0 Å². The molecule has 2 atom stereocenters. The minimum Gasteiger partial charge on any atom is -0.506 e. The largest absolute Gasteiger partial charge is 0.506 e. The highest BCUT2D eigenvalue weighted by Gasteiger charge is 2.24. The quantitative estimate of drug-likeness (QED) is 0.644. The van der Waals surface area contributed by atoms with Gasteiger partial charge in [0.05, 0.1) is 8.95 Å². The highest BCUT2D eigenvalue weighted by Crippen LogP contribution is 2.35. The third kappa shape index (κ3) is 2.73.